The maximum Gasteiger partial charge on any atom is 0.169 e. The fourth-order valence-electron chi connectivity index (χ4n) is 3.50. The monoisotopic (exact) mass is 403 g/mol. The average molecular weight is 404 g/mol. The van der Waals surface area contributed by atoms with E-state index in [-0.39, 0.29) is 21.7 Å². The summed E-state index contributed by atoms with van der Waals surface area (Å²) in [5.74, 6) is 0. The summed E-state index contributed by atoms with van der Waals surface area (Å²) in [6.07, 6.45) is 0. The molecule has 0 saturated heterocycles. The van der Waals surface area contributed by atoms with Crippen LogP contribution in [0, 0.1) is 13.8 Å². The minimum atomic E-state index is -0.107. The lowest BCUT2D eigenvalue weighted by Crippen LogP contribution is -2.13. The molecule has 0 nitrogen and oxygen atoms in total. The van der Waals surface area contributed by atoms with Crippen molar-refractivity contribution in [1.82, 2.24) is 0 Å². The lowest BCUT2D eigenvalue weighted by Gasteiger charge is -2.20. The number of hydrogen-bond donors (Lipinski definition) is 0. The molecule has 0 atom stereocenters. The van der Waals surface area contributed by atoms with E-state index in [4.69, 9.17) is 0 Å². The molecule has 0 radical (unpaired) electrons. The Labute approximate surface area is 180 Å². The summed E-state index contributed by atoms with van der Waals surface area (Å²) in [5.41, 5.74) is 5.79. The molecule has 0 aliphatic rings. The lowest BCUT2D eigenvalue weighted by atomic mass is 9.87. The molecule has 3 aromatic rings. The molecular weight excluding hydrogens is 368 g/mol. The summed E-state index contributed by atoms with van der Waals surface area (Å²) >= 11 is 0. The molecule has 0 saturated carbocycles. The van der Waals surface area contributed by atoms with Crippen LogP contribution in [-0.4, -0.2) is 0 Å². The van der Waals surface area contributed by atoms with Gasteiger partial charge in [0.05, 0.1) is 10.9 Å². The highest BCUT2D eigenvalue weighted by atomic mass is 32.2. The van der Waals surface area contributed by atoms with Crippen LogP contribution < -0.4 is 0 Å². The van der Waals surface area contributed by atoms with Gasteiger partial charge in [0.2, 0.25) is 0 Å². The van der Waals surface area contributed by atoms with E-state index in [0.29, 0.717) is 0 Å². The van der Waals surface area contributed by atoms with Crippen LogP contribution in [0.15, 0.2) is 81.4 Å². The number of rotatable bonds is 3. The second-order valence-electron chi connectivity index (χ2n) is 10.1. The van der Waals surface area contributed by atoms with E-state index in [0.717, 1.165) is 0 Å². The molecule has 0 amide bonds. The van der Waals surface area contributed by atoms with Crippen molar-refractivity contribution in [1.29, 1.82) is 0 Å². The highest BCUT2D eigenvalue weighted by Crippen LogP contribution is 2.36. The van der Waals surface area contributed by atoms with E-state index in [1.807, 2.05) is 0 Å². The minimum Gasteiger partial charge on any atom is -0.0587 e. The quantitative estimate of drug-likeness (QED) is 0.389. The first-order chi connectivity index (χ1) is 13.5. The van der Waals surface area contributed by atoms with Crippen molar-refractivity contribution in [2.24, 2.45) is 0 Å². The molecule has 3 rings (SSSR count). The van der Waals surface area contributed by atoms with E-state index < -0.39 is 0 Å². The average Bonchev–Trinajstić information content (AvgIpc) is 2.64. The van der Waals surface area contributed by atoms with Gasteiger partial charge in [0.1, 0.15) is 0 Å². The molecule has 0 N–H and O–H groups in total. The summed E-state index contributed by atoms with van der Waals surface area (Å²) in [6.45, 7) is 18.1. The fourth-order valence-corrected chi connectivity index (χ4v) is 5.79. The Hall–Kier alpha value is -1.99. The Morgan fingerprint density at radius 2 is 0.966 bits per heavy atom. The van der Waals surface area contributed by atoms with Crippen LogP contribution >= 0.6 is 0 Å². The SMILES string of the molecule is Cc1ccc(C)c([S+](c2ccc(C(C)(C)C)cc2)c2ccc(C(C)(C)C)cc2)c1. The molecule has 1 heteroatoms. The fraction of sp³-hybridized carbons (Fsp3) is 0.357. The second kappa shape index (κ2) is 8.03. The van der Waals surface area contributed by atoms with Crippen LogP contribution in [0.4, 0.5) is 0 Å². The van der Waals surface area contributed by atoms with Crippen molar-refractivity contribution in [2.45, 2.75) is 80.9 Å². The van der Waals surface area contributed by atoms with Gasteiger partial charge < -0.3 is 0 Å². The van der Waals surface area contributed by atoms with Crippen molar-refractivity contribution in [3.8, 4) is 0 Å². The summed E-state index contributed by atoms with van der Waals surface area (Å²) in [6, 6.07) is 25.4. The van der Waals surface area contributed by atoms with Gasteiger partial charge in [-0.1, -0.05) is 77.9 Å². The molecule has 0 spiro atoms. The molecule has 0 heterocycles. The molecule has 29 heavy (non-hydrogen) atoms. The Morgan fingerprint density at radius 3 is 1.34 bits per heavy atom. The Morgan fingerprint density at radius 1 is 0.552 bits per heavy atom. The molecule has 0 aliphatic heterocycles. The van der Waals surface area contributed by atoms with Crippen LogP contribution in [0.2, 0.25) is 0 Å². The Kier molecular flexibility index (Phi) is 6.01. The third-order valence-corrected chi connectivity index (χ3v) is 7.84. The van der Waals surface area contributed by atoms with Crippen molar-refractivity contribution < 1.29 is 0 Å². The van der Waals surface area contributed by atoms with E-state index in [2.05, 4.69) is 122 Å². The maximum absolute atomic E-state index is 2.37. The highest BCUT2D eigenvalue weighted by molar-refractivity contribution is 7.97. The van der Waals surface area contributed by atoms with Crippen LogP contribution in [-0.2, 0) is 21.7 Å². The summed E-state index contributed by atoms with van der Waals surface area (Å²) in [7, 11) is -0.107. The number of hydrogen-bond acceptors (Lipinski definition) is 0. The van der Waals surface area contributed by atoms with Crippen LogP contribution in [0.3, 0.4) is 0 Å². The van der Waals surface area contributed by atoms with Crippen LogP contribution in [0.1, 0.15) is 63.8 Å². The van der Waals surface area contributed by atoms with E-state index in [1.54, 1.807) is 0 Å². The summed E-state index contributed by atoms with van der Waals surface area (Å²) < 4.78 is 0. The molecule has 0 aromatic heterocycles. The van der Waals surface area contributed by atoms with Gasteiger partial charge in [-0.3, -0.25) is 0 Å². The first-order valence-corrected chi connectivity index (χ1v) is 11.7. The van der Waals surface area contributed by atoms with Crippen molar-refractivity contribution in [2.75, 3.05) is 0 Å². The third-order valence-electron chi connectivity index (χ3n) is 5.48. The van der Waals surface area contributed by atoms with Gasteiger partial charge in [0.25, 0.3) is 0 Å². The van der Waals surface area contributed by atoms with Gasteiger partial charge in [0, 0.05) is 5.56 Å². The van der Waals surface area contributed by atoms with Crippen molar-refractivity contribution >= 4 is 10.9 Å². The second-order valence-corrected chi connectivity index (χ2v) is 12.1. The summed E-state index contributed by atoms with van der Waals surface area (Å²) in [5, 5.41) is 0. The highest BCUT2D eigenvalue weighted by Gasteiger charge is 2.31. The maximum atomic E-state index is 2.37. The Bertz CT molecular complexity index is 907. The molecule has 3 aromatic carbocycles. The smallest absolute Gasteiger partial charge is 0.0587 e. The van der Waals surface area contributed by atoms with Gasteiger partial charge in [0.15, 0.2) is 14.7 Å². The molecule has 0 aliphatic carbocycles. The van der Waals surface area contributed by atoms with Crippen LogP contribution in [0.5, 0.6) is 0 Å². The molecular formula is C28H35S+. The third kappa shape index (κ3) is 4.95. The van der Waals surface area contributed by atoms with Crippen molar-refractivity contribution in [3.63, 3.8) is 0 Å². The molecule has 0 fully saturated rings. The summed E-state index contributed by atoms with van der Waals surface area (Å²) in [4.78, 5) is 4.20. The minimum absolute atomic E-state index is 0.107. The first-order valence-electron chi connectivity index (χ1n) is 10.5. The predicted octanol–water partition coefficient (Wildman–Crippen LogP) is 7.99. The van der Waals surface area contributed by atoms with E-state index in [1.165, 1.54) is 36.9 Å². The molecule has 0 unspecified atom stereocenters. The van der Waals surface area contributed by atoms with E-state index in [9.17, 15) is 0 Å². The zero-order valence-electron chi connectivity index (χ0n) is 19.3. The van der Waals surface area contributed by atoms with E-state index >= 15 is 0 Å². The van der Waals surface area contributed by atoms with Gasteiger partial charge in [-0.15, -0.1) is 0 Å². The molecule has 0 bridgehead atoms. The molecule has 152 valence electrons. The van der Waals surface area contributed by atoms with Crippen LogP contribution in [0.25, 0.3) is 0 Å². The van der Waals surface area contributed by atoms with Gasteiger partial charge in [-0.05, 0) is 71.7 Å². The normalized spacial score (nSPS) is 12.4. The lowest BCUT2D eigenvalue weighted by molar-refractivity contribution is 0.589. The van der Waals surface area contributed by atoms with Gasteiger partial charge in [-0.2, -0.15) is 0 Å². The largest absolute Gasteiger partial charge is 0.169 e. The van der Waals surface area contributed by atoms with Crippen molar-refractivity contribution in [3.05, 3.63) is 89.0 Å². The van der Waals surface area contributed by atoms with Gasteiger partial charge >= 0.3 is 0 Å². The predicted molar refractivity (Wildman–Crippen MR) is 128 cm³/mol. The topological polar surface area (TPSA) is 0 Å². The number of benzene rings is 3. The zero-order chi connectivity index (χ0) is 21.4. The zero-order valence-corrected chi connectivity index (χ0v) is 20.1. The van der Waals surface area contributed by atoms with Gasteiger partial charge in [-0.25, -0.2) is 0 Å². The standard InChI is InChI=1S/C28H35S/c1-20-9-10-21(2)26(19-20)29(24-15-11-22(12-16-24)27(3,4)5)25-17-13-23(14-18-25)28(6,7)8/h9-19H,1-8H3/q+1. The number of aryl methyl sites for hydroxylation is 2. The first kappa shape index (κ1) is 21.7. The Balaban J connectivity index is 2.13.